The Labute approximate surface area is 197 Å². The van der Waals surface area contributed by atoms with E-state index in [1.54, 1.807) is 41.3 Å². The van der Waals surface area contributed by atoms with Gasteiger partial charge in [-0.05, 0) is 69.2 Å². The molecule has 0 aromatic heterocycles. The number of ether oxygens (including phenoxy) is 1. The van der Waals surface area contributed by atoms with Crippen molar-refractivity contribution in [3.05, 3.63) is 68.7 Å². The molecule has 8 heteroatoms. The second-order valence-electron chi connectivity index (χ2n) is 8.58. The Morgan fingerprint density at radius 3 is 2.32 bits per heavy atom. The topological polar surface area (TPSA) is 58.6 Å². The normalized spacial score (nSPS) is 19.1. The van der Waals surface area contributed by atoms with E-state index in [0.717, 1.165) is 5.56 Å². The number of hydrogen-bond acceptors (Lipinski definition) is 3. The summed E-state index contributed by atoms with van der Waals surface area (Å²) in [4.78, 5) is 27.1. The summed E-state index contributed by atoms with van der Waals surface area (Å²) in [5.74, 6) is -0.371. The number of carbonyl (C=O) groups excluding carboxylic acids is 2. The van der Waals surface area contributed by atoms with E-state index in [2.05, 4.69) is 5.32 Å². The number of hydrogen-bond donors (Lipinski definition) is 1. The molecule has 1 fully saturated rings. The van der Waals surface area contributed by atoms with Gasteiger partial charge in [0.1, 0.15) is 5.60 Å². The van der Waals surface area contributed by atoms with Gasteiger partial charge in [-0.3, -0.25) is 4.79 Å². The molecule has 0 bridgehead atoms. The van der Waals surface area contributed by atoms with Crippen molar-refractivity contribution in [2.75, 3.05) is 13.1 Å². The molecule has 1 aliphatic rings. The summed E-state index contributed by atoms with van der Waals surface area (Å²) < 4.78 is 5.54. The molecule has 0 saturated carbocycles. The van der Waals surface area contributed by atoms with Gasteiger partial charge < -0.3 is 15.0 Å². The highest BCUT2D eigenvalue weighted by molar-refractivity contribution is 6.42. The monoisotopic (exact) mass is 482 g/mol. The molecule has 0 spiro atoms. The Kier molecular flexibility index (Phi) is 7.40. The van der Waals surface area contributed by atoms with Crippen molar-refractivity contribution in [2.45, 2.75) is 44.8 Å². The van der Waals surface area contributed by atoms with Crippen LogP contribution in [-0.2, 0) is 4.74 Å². The molecule has 1 saturated heterocycles. The van der Waals surface area contributed by atoms with Crippen LogP contribution in [0.15, 0.2) is 42.5 Å². The molecular weight excluding hydrogens is 459 g/mol. The average Bonchev–Trinajstić information content (AvgIpc) is 2.69. The summed E-state index contributed by atoms with van der Waals surface area (Å²) in [6, 6.07) is 11.9. The van der Waals surface area contributed by atoms with E-state index in [0.29, 0.717) is 40.1 Å². The lowest BCUT2D eigenvalue weighted by molar-refractivity contribution is 0.0177. The van der Waals surface area contributed by atoms with E-state index >= 15 is 0 Å². The van der Waals surface area contributed by atoms with Gasteiger partial charge in [0.15, 0.2) is 0 Å². The van der Waals surface area contributed by atoms with Crippen LogP contribution in [0.25, 0.3) is 0 Å². The predicted octanol–water partition coefficient (Wildman–Crippen LogP) is 6.17. The van der Waals surface area contributed by atoms with Crippen molar-refractivity contribution in [1.29, 1.82) is 0 Å². The number of amides is 2. The predicted molar refractivity (Wildman–Crippen MR) is 124 cm³/mol. The quantitative estimate of drug-likeness (QED) is 0.568. The molecule has 166 valence electrons. The highest BCUT2D eigenvalue weighted by atomic mass is 35.5. The third kappa shape index (κ3) is 6.28. The van der Waals surface area contributed by atoms with Gasteiger partial charge in [-0.1, -0.05) is 40.9 Å². The summed E-state index contributed by atoms with van der Waals surface area (Å²) in [6.45, 7) is 6.36. The molecule has 0 unspecified atom stereocenters. The van der Waals surface area contributed by atoms with Gasteiger partial charge in [0, 0.05) is 35.6 Å². The van der Waals surface area contributed by atoms with Gasteiger partial charge in [0.25, 0.3) is 5.91 Å². The zero-order valence-electron chi connectivity index (χ0n) is 17.6. The maximum Gasteiger partial charge on any atom is 0.410 e. The summed E-state index contributed by atoms with van der Waals surface area (Å²) in [5, 5.41) is 4.55. The van der Waals surface area contributed by atoms with Gasteiger partial charge in [0.05, 0.1) is 10.0 Å². The van der Waals surface area contributed by atoms with Crippen molar-refractivity contribution >= 4 is 46.8 Å². The maximum absolute atomic E-state index is 12.8. The number of nitrogens with one attached hydrogen (secondary N) is 1. The minimum absolute atomic E-state index is 0.174. The van der Waals surface area contributed by atoms with Gasteiger partial charge in [-0.2, -0.15) is 0 Å². The number of likely N-dealkylation sites (tertiary alicyclic amines) is 1. The van der Waals surface area contributed by atoms with Gasteiger partial charge in [-0.25, -0.2) is 4.79 Å². The summed E-state index contributed by atoms with van der Waals surface area (Å²) >= 11 is 18.3. The number of benzene rings is 2. The highest BCUT2D eigenvalue weighted by Gasteiger charge is 2.35. The standard InChI is InChI=1S/C23H25Cl3N2O3/c1-23(2,3)31-22(30)28-11-10-20(27-21(29)14-4-7-16(24)8-5-14)17(13-28)15-6-9-18(25)19(26)12-15/h4-9,12,17,20H,10-11,13H2,1-3H3,(H,27,29)/t17-,20+/m0/s1. The molecule has 1 N–H and O–H groups in total. The summed E-state index contributed by atoms with van der Waals surface area (Å²) in [5.41, 5.74) is 0.825. The molecule has 1 heterocycles. The lowest BCUT2D eigenvalue weighted by atomic mass is 9.86. The molecule has 0 aliphatic carbocycles. The lowest BCUT2D eigenvalue weighted by Gasteiger charge is -2.39. The van der Waals surface area contributed by atoms with Gasteiger partial charge in [0.2, 0.25) is 0 Å². The third-order valence-electron chi connectivity index (χ3n) is 5.06. The molecule has 0 radical (unpaired) electrons. The first kappa shape index (κ1) is 23.7. The van der Waals surface area contributed by atoms with E-state index < -0.39 is 5.60 Å². The molecule has 5 nitrogen and oxygen atoms in total. The van der Waals surface area contributed by atoms with Crippen molar-refractivity contribution in [3.8, 4) is 0 Å². The molecule has 2 aromatic rings. The largest absolute Gasteiger partial charge is 0.444 e. The van der Waals surface area contributed by atoms with E-state index in [1.807, 2.05) is 26.8 Å². The fourth-order valence-corrected chi connectivity index (χ4v) is 3.98. The number of rotatable bonds is 3. The first-order valence-corrected chi connectivity index (χ1v) is 11.2. The van der Waals surface area contributed by atoms with Crippen LogP contribution in [0.1, 0.15) is 49.0 Å². The summed E-state index contributed by atoms with van der Waals surface area (Å²) in [7, 11) is 0. The van der Waals surface area contributed by atoms with E-state index in [-0.39, 0.29) is 24.0 Å². The van der Waals surface area contributed by atoms with Gasteiger partial charge in [-0.15, -0.1) is 0 Å². The van der Waals surface area contributed by atoms with Crippen LogP contribution >= 0.6 is 34.8 Å². The van der Waals surface area contributed by atoms with Crippen LogP contribution in [0.5, 0.6) is 0 Å². The SMILES string of the molecule is CC(C)(C)OC(=O)N1CC[C@@H](NC(=O)c2ccc(Cl)cc2)[C@H](c2ccc(Cl)c(Cl)c2)C1. The van der Waals surface area contributed by atoms with Crippen molar-refractivity contribution in [1.82, 2.24) is 10.2 Å². The first-order chi connectivity index (χ1) is 14.5. The Hall–Kier alpha value is -1.95. The Bertz CT molecular complexity index is 958. The minimum Gasteiger partial charge on any atom is -0.444 e. The second-order valence-corrected chi connectivity index (χ2v) is 9.83. The Balaban J connectivity index is 1.83. The molecule has 2 aromatic carbocycles. The van der Waals surface area contributed by atoms with Crippen LogP contribution in [0.3, 0.4) is 0 Å². The second kappa shape index (κ2) is 9.68. The van der Waals surface area contributed by atoms with Crippen LogP contribution in [0.2, 0.25) is 15.1 Å². The third-order valence-corrected chi connectivity index (χ3v) is 6.05. The van der Waals surface area contributed by atoms with Crippen LogP contribution < -0.4 is 5.32 Å². The highest BCUT2D eigenvalue weighted by Crippen LogP contribution is 2.32. The smallest absolute Gasteiger partial charge is 0.410 e. The molecule has 31 heavy (non-hydrogen) atoms. The van der Waals surface area contributed by atoms with Crippen LogP contribution in [0, 0.1) is 0 Å². The number of halogens is 3. The molecule has 1 aliphatic heterocycles. The van der Waals surface area contributed by atoms with E-state index in [9.17, 15) is 9.59 Å². The molecule has 2 atom stereocenters. The van der Waals surface area contributed by atoms with E-state index in [4.69, 9.17) is 39.5 Å². The average molecular weight is 484 g/mol. The number of carbonyl (C=O) groups is 2. The maximum atomic E-state index is 12.8. The Morgan fingerprint density at radius 2 is 1.71 bits per heavy atom. The van der Waals surface area contributed by atoms with Crippen molar-refractivity contribution in [2.24, 2.45) is 0 Å². The van der Waals surface area contributed by atoms with Crippen LogP contribution in [-0.4, -0.2) is 41.6 Å². The first-order valence-electron chi connectivity index (χ1n) is 10.0. The van der Waals surface area contributed by atoms with E-state index in [1.165, 1.54) is 0 Å². The van der Waals surface area contributed by atoms with Crippen molar-refractivity contribution < 1.29 is 14.3 Å². The molecule has 2 amide bonds. The molecular formula is C23H25Cl3N2O3. The fourth-order valence-electron chi connectivity index (χ4n) is 3.55. The van der Waals surface area contributed by atoms with Crippen LogP contribution in [0.4, 0.5) is 4.79 Å². The number of nitrogens with zero attached hydrogens (tertiary/aromatic N) is 1. The zero-order valence-corrected chi connectivity index (χ0v) is 19.9. The lowest BCUT2D eigenvalue weighted by Crippen LogP contribution is -2.52. The van der Waals surface area contributed by atoms with Crippen molar-refractivity contribution in [3.63, 3.8) is 0 Å². The number of piperidine rings is 1. The zero-order chi connectivity index (χ0) is 22.8. The summed E-state index contributed by atoms with van der Waals surface area (Å²) in [6.07, 6.45) is 0.198. The minimum atomic E-state index is -0.587. The van der Waals surface area contributed by atoms with Gasteiger partial charge >= 0.3 is 6.09 Å². The fraction of sp³-hybridized carbons (Fsp3) is 0.391. The Morgan fingerprint density at radius 1 is 1.03 bits per heavy atom. The molecule has 3 rings (SSSR count).